The summed E-state index contributed by atoms with van der Waals surface area (Å²) in [5.74, 6) is -0.0396. The Morgan fingerprint density at radius 1 is 1.26 bits per heavy atom. The van der Waals surface area contributed by atoms with Crippen LogP contribution in [-0.4, -0.2) is 72.1 Å². The molecular formula is C16H22N4O2S. The average Bonchev–Trinajstić information content (AvgIpc) is 3.09. The van der Waals surface area contributed by atoms with E-state index < -0.39 is 0 Å². The zero-order chi connectivity index (χ0) is 16.2. The summed E-state index contributed by atoms with van der Waals surface area (Å²) >= 11 is 1.80. The molecule has 1 saturated heterocycles. The smallest absolute Gasteiger partial charge is 0.270 e. The minimum absolute atomic E-state index is 0.0118. The molecule has 23 heavy (non-hydrogen) atoms. The molecule has 0 radical (unpaired) electrons. The molecule has 124 valence electrons. The van der Waals surface area contributed by atoms with Crippen LogP contribution in [0.2, 0.25) is 0 Å². The molecule has 0 aromatic carbocycles. The molecule has 7 heteroatoms. The van der Waals surface area contributed by atoms with E-state index in [1.54, 1.807) is 18.4 Å². The van der Waals surface area contributed by atoms with Gasteiger partial charge in [0.25, 0.3) is 5.91 Å². The Bertz CT molecular complexity index is 591. The van der Waals surface area contributed by atoms with Crippen molar-refractivity contribution < 1.29 is 9.59 Å². The van der Waals surface area contributed by atoms with Crippen LogP contribution in [0.5, 0.6) is 0 Å². The number of nitrogens with zero attached hydrogens (tertiary/aromatic N) is 4. The van der Waals surface area contributed by atoms with Crippen LogP contribution in [0, 0.1) is 0 Å². The van der Waals surface area contributed by atoms with Crippen molar-refractivity contribution in [3.63, 3.8) is 0 Å². The zero-order valence-corrected chi connectivity index (χ0v) is 14.2. The first-order valence-corrected chi connectivity index (χ1v) is 8.89. The molecule has 0 saturated carbocycles. The van der Waals surface area contributed by atoms with Gasteiger partial charge in [0, 0.05) is 57.5 Å². The van der Waals surface area contributed by atoms with Crippen LogP contribution < -0.4 is 0 Å². The quantitative estimate of drug-likeness (QED) is 0.827. The first kappa shape index (κ1) is 16.1. The summed E-state index contributed by atoms with van der Waals surface area (Å²) in [5.41, 5.74) is 0.513. The number of carbonyl (C=O) groups is 2. The lowest BCUT2D eigenvalue weighted by Crippen LogP contribution is -2.51. The van der Waals surface area contributed by atoms with Gasteiger partial charge in [-0.3, -0.25) is 14.5 Å². The summed E-state index contributed by atoms with van der Waals surface area (Å²) in [6.07, 6.45) is 1.91. The van der Waals surface area contributed by atoms with Gasteiger partial charge in [-0.05, 0) is 17.9 Å². The Morgan fingerprint density at radius 3 is 2.70 bits per heavy atom. The number of hydrogen-bond acceptors (Lipinski definition) is 5. The van der Waals surface area contributed by atoms with E-state index in [2.05, 4.69) is 27.5 Å². The van der Waals surface area contributed by atoms with Crippen LogP contribution in [0.3, 0.4) is 0 Å². The van der Waals surface area contributed by atoms with Crippen molar-refractivity contribution in [2.75, 3.05) is 39.8 Å². The molecule has 0 N–H and O–H groups in total. The lowest BCUT2D eigenvalue weighted by atomic mass is 10.1. The van der Waals surface area contributed by atoms with E-state index in [9.17, 15) is 9.59 Å². The minimum Gasteiger partial charge on any atom is -0.335 e. The molecule has 1 aromatic heterocycles. The maximum Gasteiger partial charge on any atom is 0.270 e. The van der Waals surface area contributed by atoms with Gasteiger partial charge in [0.2, 0.25) is 5.91 Å². The second-order valence-electron chi connectivity index (χ2n) is 5.93. The van der Waals surface area contributed by atoms with E-state index in [-0.39, 0.29) is 11.8 Å². The Morgan fingerprint density at radius 2 is 2.04 bits per heavy atom. The van der Waals surface area contributed by atoms with E-state index in [0.29, 0.717) is 18.6 Å². The lowest BCUT2D eigenvalue weighted by molar-refractivity contribution is -0.131. The molecule has 1 fully saturated rings. The highest BCUT2D eigenvalue weighted by Crippen LogP contribution is 2.13. The largest absolute Gasteiger partial charge is 0.335 e. The summed E-state index contributed by atoms with van der Waals surface area (Å²) in [5, 5.41) is 7.52. The van der Waals surface area contributed by atoms with Crippen molar-refractivity contribution in [1.29, 1.82) is 0 Å². The van der Waals surface area contributed by atoms with E-state index in [1.165, 1.54) is 9.89 Å². The Labute approximate surface area is 140 Å². The minimum atomic E-state index is -0.0278. The fraction of sp³-hybridized carbons (Fsp3) is 0.562. The third kappa shape index (κ3) is 3.97. The van der Waals surface area contributed by atoms with Crippen LogP contribution in [0.4, 0.5) is 0 Å². The van der Waals surface area contributed by atoms with Gasteiger partial charge in [-0.1, -0.05) is 6.07 Å². The number of amides is 2. The fourth-order valence-corrected chi connectivity index (χ4v) is 3.60. The SMILES string of the molecule is CN1N=C(C(=O)N2CCN(CCc3cccs3)CC2)CCC1=O. The summed E-state index contributed by atoms with van der Waals surface area (Å²) in [6.45, 7) is 4.32. The Hall–Kier alpha value is -1.73. The summed E-state index contributed by atoms with van der Waals surface area (Å²) in [6, 6.07) is 4.26. The van der Waals surface area contributed by atoms with Gasteiger partial charge in [-0.15, -0.1) is 11.3 Å². The zero-order valence-electron chi connectivity index (χ0n) is 13.4. The standard InChI is InChI=1S/C16H22N4O2S/c1-18-15(21)5-4-14(17-18)16(22)20-10-8-19(9-11-20)7-6-13-3-2-12-23-13/h2-3,12H,4-11H2,1H3. The number of carbonyl (C=O) groups excluding carboxylic acids is 2. The monoisotopic (exact) mass is 334 g/mol. The van der Waals surface area contributed by atoms with Crippen LogP contribution in [-0.2, 0) is 16.0 Å². The third-order valence-corrected chi connectivity index (χ3v) is 5.30. The van der Waals surface area contributed by atoms with Gasteiger partial charge in [0.05, 0.1) is 0 Å². The van der Waals surface area contributed by atoms with Crippen LogP contribution in [0.15, 0.2) is 22.6 Å². The van der Waals surface area contributed by atoms with Crippen molar-refractivity contribution in [2.24, 2.45) is 5.10 Å². The molecule has 3 heterocycles. The van der Waals surface area contributed by atoms with Gasteiger partial charge in [-0.25, -0.2) is 5.01 Å². The molecule has 2 aliphatic heterocycles. The van der Waals surface area contributed by atoms with Crippen LogP contribution in [0.1, 0.15) is 17.7 Å². The molecule has 0 spiro atoms. The van der Waals surface area contributed by atoms with Crippen molar-refractivity contribution in [3.8, 4) is 0 Å². The average molecular weight is 334 g/mol. The van der Waals surface area contributed by atoms with Gasteiger partial charge < -0.3 is 4.90 Å². The molecule has 6 nitrogen and oxygen atoms in total. The van der Waals surface area contributed by atoms with Gasteiger partial charge >= 0.3 is 0 Å². The van der Waals surface area contributed by atoms with Gasteiger partial charge in [0.1, 0.15) is 5.71 Å². The fourth-order valence-electron chi connectivity index (χ4n) is 2.90. The number of hydrogen-bond donors (Lipinski definition) is 0. The predicted molar refractivity (Wildman–Crippen MR) is 90.5 cm³/mol. The third-order valence-electron chi connectivity index (χ3n) is 4.37. The predicted octanol–water partition coefficient (Wildman–Crippen LogP) is 1.04. The number of thiophene rings is 1. The normalized spacial score (nSPS) is 19.9. The van der Waals surface area contributed by atoms with Gasteiger partial charge in [0.15, 0.2) is 0 Å². The Balaban J connectivity index is 1.47. The molecule has 0 unspecified atom stereocenters. The highest BCUT2D eigenvalue weighted by atomic mass is 32.1. The Kier molecular flexibility index (Phi) is 5.07. The highest BCUT2D eigenvalue weighted by molar-refractivity contribution is 7.09. The molecule has 0 bridgehead atoms. The summed E-state index contributed by atoms with van der Waals surface area (Å²) < 4.78 is 0. The highest BCUT2D eigenvalue weighted by Gasteiger charge is 2.28. The number of piperazine rings is 1. The van der Waals surface area contributed by atoms with Crippen molar-refractivity contribution in [1.82, 2.24) is 14.8 Å². The second kappa shape index (κ2) is 7.23. The topological polar surface area (TPSA) is 56.2 Å². The van der Waals surface area contributed by atoms with E-state index in [0.717, 1.165) is 39.1 Å². The molecule has 2 aliphatic rings. The molecule has 0 atom stereocenters. The second-order valence-corrected chi connectivity index (χ2v) is 6.96. The summed E-state index contributed by atoms with van der Waals surface area (Å²) in [7, 11) is 1.61. The van der Waals surface area contributed by atoms with E-state index in [4.69, 9.17) is 0 Å². The van der Waals surface area contributed by atoms with Gasteiger partial charge in [-0.2, -0.15) is 5.10 Å². The summed E-state index contributed by atoms with van der Waals surface area (Å²) in [4.78, 5) is 29.6. The van der Waals surface area contributed by atoms with E-state index >= 15 is 0 Å². The lowest BCUT2D eigenvalue weighted by Gasteiger charge is -2.35. The molecule has 3 rings (SSSR count). The van der Waals surface area contributed by atoms with Crippen LogP contribution >= 0.6 is 11.3 Å². The molecule has 0 aliphatic carbocycles. The number of rotatable bonds is 4. The van der Waals surface area contributed by atoms with Crippen LogP contribution in [0.25, 0.3) is 0 Å². The maximum absolute atomic E-state index is 12.5. The first-order chi connectivity index (χ1) is 11.1. The van der Waals surface area contributed by atoms with Crippen molar-refractivity contribution in [3.05, 3.63) is 22.4 Å². The molecular weight excluding hydrogens is 312 g/mol. The van der Waals surface area contributed by atoms with E-state index in [1.807, 2.05) is 4.90 Å². The maximum atomic E-state index is 12.5. The first-order valence-electron chi connectivity index (χ1n) is 8.01. The molecule has 2 amide bonds. The number of hydrazone groups is 1. The molecule has 1 aromatic rings. The van der Waals surface area contributed by atoms with Crippen molar-refractivity contribution in [2.45, 2.75) is 19.3 Å². The van der Waals surface area contributed by atoms with Crippen molar-refractivity contribution >= 4 is 28.9 Å².